The molecule has 2 nitrogen and oxygen atoms in total. The van der Waals surface area contributed by atoms with Gasteiger partial charge in [-0.1, -0.05) is 30.3 Å². The highest BCUT2D eigenvalue weighted by Crippen LogP contribution is 2.28. The number of rotatable bonds is 4. The summed E-state index contributed by atoms with van der Waals surface area (Å²) in [5.74, 6) is 0.797. The van der Waals surface area contributed by atoms with Crippen LogP contribution in [0.4, 0.5) is 0 Å². The lowest BCUT2D eigenvalue weighted by Crippen LogP contribution is -2.33. The molecule has 1 aromatic carbocycles. The highest BCUT2D eigenvalue weighted by molar-refractivity contribution is 5.18. The van der Waals surface area contributed by atoms with Crippen molar-refractivity contribution in [2.45, 2.75) is 32.4 Å². The summed E-state index contributed by atoms with van der Waals surface area (Å²) in [6, 6.07) is 12.0. The zero-order valence-electron chi connectivity index (χ0n) is 11.2. The van der Waals surface area contributed by atoms with Crippen LogP contribution in [-0.4, -0.2) is 31.1 Å². The molecule has 0 spiro atoms. The van der Waals surface area contributed by atoms with Crippen molar-refractivity contribution in [3.8, 4) is 0 Å². The van der Waals surface area contributed by atoms with Crippen LogP contribution >= 0.6 is 0 Å². The van der Waals surface area contributed by atoms with Gasteiger partial charge in [0.15, 0.2) is 0 Å². The fourth-order valence-electron chi connectivity index (χ4n) is 2.75. The molecule has 1 saturated heterocycles. The Morgan fingerprint density at radius 1 is 1.24 bits per heavy atom. The van der Waals surface area contributed by atoms with Gasteiger partial charge in [0.1, 0.15) is 0 Å². The molecule has 17 heavy (non-hydrogen) atoms. The van der Waals surface area contributed by atoms with E-state index >= 15 is 0 Å². The SMILES string of the molecule is CN[C@H](C)[C@H]1CCN([C@H](C)c2ccccc2)C1. The zero-order valence-corrected chi connectivity index (χ0v) is 11.2. The molecule has 0 radical (unpaired) electrons. The average molecular weight is 232 g/mol. The van der Waals surface area contributed by atoms with Crippen molar-refractivity contribution < 1.29 is 0 Å². The topological polar surface area (TPSA) is 15.3 Å². The zero-order chi connectivity index (χ0) is 12.3. The van der Waals surface area contributed by atoms with Crippen molar-refractivity contribution in [2.24, 2.45) is 5.92 Å². The first-order valence-electron chi connectivity index (χ1n) is 6.68. The van der Waals surface area contributed by atoms with Gasteiger partial charge in [-0.2, -0.15) is 0 Å². The molecular formula is C15H24N2. The van der Waals surface area contributed by atoms with Crippen molar-refractivity contribution in [1.82, 2.24) is 10.2 Å². The van der Waals surface area contributed by atoms with E-state index < -0.39 is 0 Å². The van der Waals surface area contributed by atoms with Crippen LogP contribution in [0, 0.1) is 5.92 Å². The third kappa shape index (κ3) is 2.88. The van der Waals surface area contributed by atoms with E-state index in [1.807, 2.05) is 0 Å². The molecule has 1 aliphatic heterocycles. The van der Waals surface area contributed by atoms with Gasteiger partial charge in [-0.3, -0.25) is 4.90 Å². The van der Waals surface area contributed by atoms with E-state index in [1.54, 1.807) is 0 Å². The maximum Gasteiger partial charge on any atom is 0.0320 e. The fourth-order valence-corrected chi connectivity index (χ4v) is 2.75. The largest absolute Gasteiger partial charge is 0.317 e. The number of hydrogen-bond acceptors (Lipinski definition) is 2. The van der Waals surface area contributed by atoms with Gasteiger partial charge < -0.3 is 5.32 Å². The van der Waals surface area contributed by atoms with E-state index in [-0.39, 0.29) is 0 Å². The van der Waals surface area contributed by atoms with Crippen LogP contribution in [0.25, 0.3) is 0 Å². The van der Waals surface area contributed by atoms with E-state index in [0.717, 1.165) is 5.92 Å². The second-order valence-corrected chi connectivity index (χ2v) is 5.21. The number of nitrogens with zero attached hydrogens (tertiary/aromatic N) is 1. The van der Waals surface area contributed by atoms with Gasteiger partial charge in [0.25, 0.3) is 0 Å². The predicted octanol–water partition coefficient (Wildman–Crippen LogP) is 2.68. The molecule has 0 aromatic heterocycles. The highest BCUT2D eigenvalue weighted by Gasteiger charge is 2.29. The summed E-state index contributed by atoms with van der Waals surface area (Å²) >= 11 is 0. The molecule has 1 aliphatic rings. The van der Waals surface area contributed by atoms with Gasteiger partial charge in [-0.15, -0.1) is 0 Å². The molecule has 0 aliphatic carbocycles. The number of hydrogen-bond donors (Lipinski definition) is 1. The molecule has 2 heteroatoms. The Balaban J connectivity index is 1.97. The summed E-state index contributed by atoms with van der Waals surface area (Å²) in [6.45, 7) is 7.06. The summed E-state index contributed by atoms with van der Waals surface area (Å²) in [4.78, 5) is 2.60. The second kappa shape index (κ2) is 5.65. The minimum absolute atomic E-state index is 0.547. The molecule has 1 fully saturated rings. The van der Waals surface area contributed by atoms with Crippen molar-refractivity contribution in [1.29, 1.82) is 0 Å². The fraction of sp³-hybridized carbons (Fsp3) is 0.600. The summed E-state index contributed by atoms with van der Waals surface area (Å²) in [5.41, 5.74) is 1.44. The molecule has 94 valence electrons. The van der Waals surface area contributed by atoms with Gasteiger partial charge in [-0.25, -0.2) is 0 Å². The quantitative estimate of drug-likeness (QED) is 0.858. The lowest BCUT2D eigenvalue weighted by Gasteiger charge is -2.26. The number of benzene rings is 1. The molecular weight excluding hydrogens is 208 g/mol. The van der Waals surface area contributed by atoms with E-state index in [4.69, 9.17) is 0 Å². The van der Waals surface area contributed by atoms with E-state index in [0.29, 0.717) is 12.1 Å². The Morgan fingerprint density at radius 3 is 2.59 bits per heavy atom. The first-order chi connectivity index (χ1) is 8.22. The Hall–Kier alpha value is -0.860. The summed E-state index contributed by atoms with van der Waals surface area (Å²) in [7, 11) is 2.06. The van der Waals surface area contributed by atoms with Crippen molar-refractivity contribution >= 4 is 0 Å². The van der Waals surface area contributed by atoms with Crippen molar-refractivity contribution in [3.05, 3.63) is 35.9 Å². The normalized spacial score (nSPS) is 24.8. The minimum Gasteiger partial charge on any atom is -0.317 e. The standard InChI is InChI=1S/C15H24N2/c1-12(16-3)15-9-10-17(11-15)13(2)14-7-5-4-6-8-14/h4-8,12-13,15-16H,9-11H2,1-3H3/t12-,13-,15+/m1/s1. The average Bonchev–Trinajstić information content (AvgIpc) is 2.87. The van der Waals surface area contributed by atoms with Gasteiger partial charge in [0.2, 0.25) is 0 Å². The van der Waals surface area contributed by atoms with Crippen molar-refractivity contribution in [3.63, 3.8) is 0 Å². The Labute approximate surface area is 105 Å². The Bertz CT molecular complexity index is 336. The summed E-state index contributed by atoms with van der Waals surface area (Å²) < 4.78 is 0. The third-order valence-corrected chi connectivity index (χ3v) is 4.25. The predicted molar refractivity (Wildman–Crippen MR) is 73.1 cm³/mol. The first kappa shape index (κ1) is 12.6. The molecule has 0 saturated carbocycles. The van der Waals surface area contributed by atoms with Crippen LogP contribution in [0.15, 0.2) is 30.3 Å². The highest BCUT2D eigenvalue weighted by atomic mass is 15.2. The van der Waals surface area contributed by atoms with Crippen LogP contribution in [-0.2, 0) is 0 Å². The van der Waals surface area contributed by atoms with Gasteiger partial charge >= 0.3 is 0 Å². The number of nitrogens with one attached hydrogen (secondary N) is 1. The molecule has 1 aromatic rings. The van der Waals surface area contributed by atoms with Crippen LogP contribution in [0.3, 0.4) is 0 Å². The van der Waals surface area contributed by atoms with E-state index in [9.17, 15) is 0 Å². The maximum atomic E-state index is 3.38. The summed E-state index contributed by atoms with van der Waals surface area (Å²) in [5, 5.41) is 3.38. The van der Waals surface area contributed by atoms with Gasteiger partial charge in [0.05, 0.1) is 0 Å². The van der Waals surface area contributed by atoms with Crippen molar-refractivity contribution in [2.75, 3.05) is 20.1 Å². The smallest absolute Gasteiger partial charge is 0.0320 e. The lowest BCUT2D eigenvalue weighted by atomic mass is 10.0. The van der Waals surface area contributed by atoms with Gasteiger partial charge in [-0.05, 0) is 45.3 Å². The van der Waals surface area contributed by atoms with Gasteiger partial charge in [0, 0.05) is 18.6 Å². The Kier molecular flexibility index (Phi) is 4.19. The number of likely N-dealkylation sites (tertiary alicyclic amines) is 1. The first-order valence-corrected chi connectivity index (χ1v) is 6.68. The molecule has 0 amide bonds. The Morgan fingerprint density at radius 2 is 1.94 bits per heavy atom. The van der Waals surface area contributed by atoms with E-state index in [2.05, 4.69) is 61.4 Å². The molecule has 0 unspecified atom stereocenters. The molecule has 1 N–H and O–H groups in total. The van der Waals surface area contributed by atoms with Crippen LogP contribution in [0.5, 0.6) is 0 Å². The van der Waals surface area contributed by atoms with Crippen LogP contribution < -0.4 is 5.32 Å². The van der Waals surface area contributed by atoms with E-state index in [1.165, 1.54) is 25.1 Å². The summed E-state index contributed by atoms with van der Waals surface area (Å²) in [6.07, 6.45) is 1.32. The minimum atomic E-state index is 0.547. The molecule has 1 heterocycles. The van der Waals surface area contributed by atoms with Crippen LogP contribution in [0.1, 0.15) is 31.9 Å². The molecule has 2 rings (SSSR count). The monoisotopic (exact) mass is 232 g/mol. The van der Waals surface area contributed by atoms with Crippen LogP contribution in [0.2, 0.25) is 0 Å². The third-order valence-electron chi connectivity index (χ3n) is 4.25. The maximum absolute atomic E-state index is 3.38. The lowest BCUT2D eigenvalue weighted by molar-refractivity contribution is 0.244. The molecule has 3 atom stereocenters. The molecule has 0 bridgehead atoms. The second-order valence-electron chi connectivity index (χ2n) is 5.21.